The zero-order valence-electron chi connectivity index (χ0n) is 15.0. The Balaban J connectivity index is 1.80. The van der Waals surface area contributed by atoms with Crippen LogP contribution in [-0.2, 0) is 0 Å². The number of hydrogen-bond donors (Lipinski definition) is 1. The van der Waals surface area contributed by atoms with E-state index in [1.165, 1.54) is 0 Å². The van der Waals surface area contributed by atoms with Gasteiger partial charge in [0, 0.05) is 5.69 Å². The van der Waals surface area contributed by atoms with Gasteiger partial charge in [0.05, 0.1) is 23.2 Å². The van der Waals surface area contributed by atoms with Crippen molar-refractivity contribution in [3.05, 3.63) is 101 Å². The van der Waals surface area contributed by atoms with Gasteiger partial charge in [0.15, 0.2) is 0 Å². The molecule has 0 aliphatic carbocycles. The number of rotatable bonds is 3. The maximum Gasteiger partial charge on any atom is 0.258 e. The number of para-hydroxylation sites is 1. The van der Waals surface area contributed by atoms with Gasteiger partial charge in [0.25, 0.3) is 5.91 Å². The normalized spacial score (nSPS) is 16.8. The smallest absolute Gasteiger partial charge is 0.258 e. The molecule has 132 valence electrons. The average Bonchev–Trinajstić information content (AvgIpc) is 2.74. The summed E-state index contributed by atoms with van der Waals surface area (Å²) in [6, 6.07) is 27.0. The molecule has 0 spiro atoms. The molecular formula is C23H19N3O. The lowest BCUT2D eigenvalue weighted by Crippen LogP contribution is -2.44. The van der Waals surface area contributed by atoms with E-state index < -0.39 is 0 Å². The molecule has 4 heteroatoms. The van der Waals surface area contributed by atoms with E-state index in [1.807, 2.05) is 78.6 Å². The highest BCUT2D eigenvalue weighted by Gasteiger charge is 2.36. The second-order valence-corrected chi connectivity index (χ2v) is 6.63. The second-order valence-electron chi connectivity index (χ2n) is 6.63. The number of anilines is 1. The lowest BCUT2D eigenvalue weighted by Gasteiger charge is -2.42. The summed E-state index contributed by atoms with van der Waals surface area (Å²) >= 11 is 0. The summed E-state index contributed by atoms with van der Waals surface area (Å²) in [5.74, 6) is -0.00457. The Morgan fingerprint density at radius 1 is 0.963 bits per heavy atom. The monoisotopic (exact) mass is 353 g/mol. The first-order chi connectivity index (χ1) is 13.2. The molecular weight excluding hydrogens is 334 g/mol. The largest absolute Gasteiger partial charge is 0.361 e. The van der Waals surface area contributed by atoms with Gasteiger partial charge in [-0.2, -0.15) is 5.26 Å². The van der Waals surface area contributed by atoms with Crippen molar-refractivity contribution < 1.29 is 4.79 Å². The standard InChI is InChI=1S/C23H19N3O/c1-16(18-7-3-2-4-8-18)26-22(19-13-11-17(15-24)12-14-19)25-21-10-6-5-9-20(21)23(26)27/h2-14,16,22,25H,1H3/t16-,22+/m0/s1. The van der Waals surface area contributed by atoms with Crippen LogP contribution in [0.25, 0.3) is 0 Å². The van der Waals surface area contributed by atoms with Crippen molar-refractivity contribution in [2.75, 3.05) is 5.32 Å². The van der Waals surface area contributed by atoms with Crippen molar-refractivity contribution in [3.8, 4) is 6.07 Å². The van der Waals surface area contributed by atoms with Gasteiger partial charge in [-0.05, 0) is 42.3 Å². The van der Waals surface area contributed by atoms with Gasteiger partial charge >= 0.3 is 0 Å². The third kappa shape index (κ3) is 3.04. The van der Waals surface area contributed by atoms with E-state index in [2.05, 4.69) is 11.4 Å². The molecule has 0 radical (unpaired) electrons. The van der Waals surface area contributed by atoms with Gasteiger partial charge in [0.1, 0.15) is 6.17 Å². The van der Waals surface area contributed by atoms with Crippen LogP contribution < -0.4 is 5.32 Å². The number of carbonyl (C=O) groups excluding carboxylic acids is 1. The molecule has 0 unspecified atom stereocenters. The number of fused-ring (bicyclic) bond motifs is 1. The van der Waals surface area contributed by atoms with Gasteiger partial charge in [-0.3, -0.25) is 4.79 Å². The predicted octanol–water partition coefficient (Wildman–Crippen LogP) is 4.89. The Morgan fingerprint density at radius 2 is 1.63 bits per heavy atom. The first kappa shape index (κ1) is 16.9. The van der Waals surface area contributed by atoms with Crippen LogP contribution in [0.3, 0.4) is 0 Å². The molecule has 0 fully saturated rings. The number of amides is 1. The Labute approximate surface area is 158 Å². The Morgan fingerprint density at radius 3 is 2.33 bits per heavy atom. The molecule has 3 aromatic carbocycles. The van der Waals surface area contributed by atoms with Crippen LogP contribution in [0.2, 0.25) is 0 Å². The molecule has 2 atom stereocenters. The maximum absolute atomic E-state index is 13.4. The highest BCUT2D eigenvalue weighted by molar-refractivity contribution is 6.02. The molecule has 27 heavy (non-hydrogen) atoms. The summed E-state index contributed by atoms with van der Waals surface area (Å²) in [4.78, 5) is 15.2. The van der Waals surface area contributed by atoms with E-state index in [0.29, 0.717) is 11.1 Å². The highest BCUT2D eigenvalue weighted by atomic mass is 16.2. The first-order valence-corrected chi connectivity index (χ1v) is 8.92. The number of carbonyl (C=O) groups is 1. The van der Waals surface area contributed by atoms with Crippen LogP contribution in [0.1, 0.15) is 46.2 Å². The van der Waals surface area contributed by atoms with Crippen molar-refractivity contribution in [3.63, 3.8) is 0 Å². The molecule has 1 aliphatic rings. The Bertz CT molecular complexity index is 1010. The maximum atomic E-state index is 13.4. The Kier molecular flexibility index (Phi) is 4.35. The molecule has 1 N–H and O–H groups in total. The molecule has 3 aromatic rings. The number of benzene rings is 3. The van der Waals surface area contributed by atoms with E-state index in [4.69, 9.17) is 5.26 Å². The number of hydrogen-bond acceptors (Lipinski definition) is 3. The van der Waals surface area contributed by atoms with E-state index in [9.17, 15) is 4.79 Å². The van der Waals surface area contributed by atoms with Crippen molar-refractivity contribution in [1.82, 2.24) is 4.90 Å². The quantitative estimate of drug-likeness (QED) is 0.730. The van der Waals surface area contributed by atoms with Crippen molar-refractivity contribution in [2.45, 2.75) is 19.1 Å². The van der Waals surface area contributed by atoms with Crippen LogP contribution in [0.4, 0.5) is 5.69 Å². The van der Waals surface area contributed by atoms with Crippen molar-refractivity contribution in [1.29, 1.82) is 5.26 Å². The van der Waals surface area contributed by atoms with Crippen molar-refractivity contribution in [2.24, 2.45) is 0 Å². The summed E-state index contributed by atoms with van der Waals surface area (Å²) in [5.41, 5.74) is 4.12. The number of nitrogens with one attached hydrogen (secondary N) is 1. The van der Waals surface area contributed by atoms with Gasteiger partial charge < -0.3 is 10.2 Å². The fourth-order valence-electron chi connectivity index (χ4n) is 3.54. The number of nitrogens with zero attached hydrogens (tertiary/aromatic N) is 2. The summed E-state index contributed by atoms with van der Waals surface area (Å²) < 4.78 is 0. The van der Waals surface area contributed by atoms with Crippen molar-refractivity contribution >= 4 is 11.6 Å². The lowest BCUT2D eigenvalue weighted by atomic mass is 9.98. The highest BCUT2D eigenvalue weighted by Crippen LogP contribution is 2.38. The van der Waals surface area contributed by atoms with E-state index in [1.54, 1.807) is 12.1 Å². The van der Waals surface area contributed by atoms with E-state index >= 15 is 0 Å². The zero-order chi connectivity index (χ0) is 18.8. The molecule has 1 aliphatic heterocycles. The topological polar surface area (TPSA) is 56.1 Å². The summed E-state index contributed by atoms with van der Waals surface area (Å²) in [5, 5.41) is 12.6. The summed E-state index contributed by atoms with van der Waals surface area (Å²) in [6.07, 6.45) is -0.310. The first-order valence-electron chi connectivity index (χ1n) is 8.92. The third-order valence-corrected chi connectivity index (χ3v) is 5.02. The average molecular weight is 353 g/mol. The minimum Gasteiger partial charge on any atom is -0.361 e. The van der Waals surface area contributed by atoms with Gasteiger partial charge in [0.2, 0.25) is 0 Å². The predicted molar refractivity (Wildman–Crippen MR) is 105 cm³/mol. The van der Waals surface area contributed by atoms with Gasteiger partial charge in [-0.25, -0.2) is 0 Å². The molecule has 4 rings (SSSR count). The van der Waals surface area contributed by atoms with Crippen LogP contribution in [-0.4, -0.2) is 10.8 Å². The molecule has 0 aromatic heterocycles. The minimum absolute atomic E-state index is 0.00457. The van der Waals surface area contributed by atoms with Crippen LogP contribution >= 0.6 is 0 Å². The molecule has 0 saturated heterocycles. The molecule has 4 nitrogen and oxygen atoms in total. The van der Waals surface area contributed by atoms with E-state index in [0.717, 1.165) is 16.8 Å². The van der Waals surface area contributed by atoms with Crippen LogP contribution in [0.5, 0.6) is 0 Å². The third-order valence-electron chi connectivity index (χ3n) is 5.02. The molecule has 1 amide bonds. The molecule has 1 heterocycles. The summed E-state index contributed by atoms with van der Waals surface area (Å²) in [7, 11) is 0. The lowest BCUT2D eigenvalue weighted by molar-refractivity contribution is 0.0596. The van der Waals surface area contributed by atoms with Crippen LogP contribution in [0, 0.1) is 11.3 Å². The summed E-state index contributed by atoms with van der Waals surface area (Å²) in [6.45, 7) is 2.04. The van der Waals surface area contributed by atoms with Gasteiger partial charge in [-0.1, -0.05) is 54.6 Å². The van der Waals surface area contributed by atoms with E-state index in [-0.39, 0.29) is 18.1 Å². The fraction of sp³-hybridized carbons (Fsp3) is 0.130. The van der Waals surface area contributed by atoms with Crippen LogP contribution in [0.15, 0.2) is 78.9 Å². The molecule has 0 saturated carbocycles. The fourth-order valence-corrected chi connectivity index (χ4v) is 3.54. The van der Waals surface area contributed by atoms with Gasteiger partial charge in [-0.15, -0.1) is 0 Å². The zero-order valence-corrected chi connectivity index (χ0v) is 15.0. The second kappa shape index (κ2) is 6.97. The minimum atomic E-state index is -0.310. The SMILES string of the molecule is C[C@@H](c1ccccc1)N1C(=O)c2ccccc2N[C@H]1c1ccc(C#N)cc1. The number of nitriles is 1. The molecule has 0 bridgehead atoms. The Hall–Kier alpha value is -3.58.